The van der Waals surface area contributed by atoms with Crippen molar-refractivity contribution in [3.8, 4) is 0 Å². The van der Waals surface area contributed by atoms with Crippen LogP contribution >= 0.6 is 0 Å². The van der Waals surface area contributed by atoms with Gasteiger partial charge in [-0.1, -0.05) is 20.8 Å². The molecule has 3 aliphatic carbocycles. The zero-order valence-corrected chi connectivity index (χ0v) is 21.4. The lowest BCUT2D eigenvalue weighted by Gasteiger charge is -2.58. The highest BCUT2D eigenvalue weighted by Crippen LogP contribution is 2.68. The Hall–Kier alpha value is -1.20. The number of esters is 2. The van der Waals surface area contributed by atoms with Crippen molar-refractivity contribution in [1.29, 1.82) is 0 Å². The predicted octanol–water partition coefficient (Wildman–Crippen LogP) is 6.80. The zero-order valence-electron chi connectivity index (χ0n) is 21.4. The van der Waals surface area contributed by atoms with E-state index in [9.17, 15) is 9.59 Å². The number of methoxy groups -OCH3 is 1. The first-order valence-corrected chi connectivity index (χ1v) is 12.9. The van der Waals surface area contributed by atoms with Crippen molar-refractivity contribution in [2.45, 2.75) is 111 Å². The molecule has 0 amide bonds. The second kappa shape index (κ2) is 9.81. The van der Waals surface area contributed by atoms with E-state index < -0.39 is 11.3 Å². The number of halogens is 2. The lowest BCUT2D eigenvalue weighted by atomic mass is 9.47. The molecule has 0 aromatic carbocycles. The number of rotatable bonds is 8. The average molecular weight is 471 g/mol. The van der Waals surface area contributed by atoms with E-state index in [0.717, 1.165) is 32.1 Å². The average Bonchev–Trinajstić information content (AvgIpc) is 3.06. The summed E-state index contributed by atoms with van der Waals surface area (Å²) >= 11 is 0. The Morgan fingerprint density at radius 2 is 1.76 bits per heavy atom. The van der Waals surface area contributed by atoms with Gasteiger partial charge in [0.2, 0.25) is 5.92 Å². The van der Waals surface area contributed by atoms with Crippen molar-refractivity contribution in [2.75, 3.05) is 7.11 Å². The maximum Gasteiger partial charge on any atom is 0.305 e. The van der Waals surface area contributed by atoms with E-state index in [1.165, 1.54) is 14.0 Å². The van der Waals surface area contributed by atoms with E-state index in [-0.39, 0.29) is 42.2 Å². The minimum absolute atomic E-state index is 0.0102. The molecule has 190 valence electrons. The highest BCUT2D eigenvalue weighted by atomic mass is 19.3. The van der Waals surface area contributed by atoms with Gasteiger partial charge in [0.15, 0.2) is 0 Å². The van der Waals surface area contributed by atoms with Crippen LogP contribution in [0.5, 0.6) is 0 Å². The van der Waals surface area contributed by atoms with Crippen LogP contribution in [0.15, 0.2) is 0 Å². The molecule has 6 heteroatoms. The van der Waals surface area contributed by atoms with Crippen LogP contribution in [0.3, 0.4) is 0 Å². The minimum Gasteiger partial charge on any atom is -0.469 e. The summed E-state index contributed by atoms with van der Waals surface area (Å²) in [6, 6.07) is 0. The molecule has 0 aromatic rings. The molecule has 3 rings (SSSR count). The van der Waals surface area contributed by atoms with E-state index in [4.69, 9.17) is 9.47 Å². The predicted molar refractivity (Wildman–Crippen MR) is 124 cm³/mol. The van der Waals surface area contributed by atoms with Gasteiger partial charge in [0.1, 0.15) is 0 Å². The molecule has 0 saturated heterocycles. The smallest absolute Gasteiger partial charge is 0.305 e. The summed E-state index contributed by atoms with van der Waals surface area (Å²) in [5, 5.41) is 0. The first kappa shape index (κ1) is 26.4. The normalized spacial score (nSPS) is 39.2. The fourth-order valence-electron chi connectivity index (χ4n) is 8.35. The molecule has 33 heavy (non-hydrogen) atoms. The summed E-state index contributed by atoms with van der Waals surface area (Å²) in [6.45, 7) is 9.88. The second-order valence-electron chi connectivity index (χ2n) is 12.0. The molecule has 4 nitrogen and oxygen atoms in total. The molecular weight excluding hydrogens is 426 g/mol. The van der Waals surface area contributed by atoms with Crippen molar-refractivity contribution in [1.82, 2.24) is 0 Å². The summed E-state index contributed by atoms with van der Waals surface area (Å²) in [5.41, 5.74) is -0.368. The third-order valence-electron chi connectivity index (χ3n) is 9.81. The third kappa shape index (κ3) is 5.56. The monoisotopic (exact) mass is 470 g/mol. The Morgan fingerprint density at radius 3 is 2.39 bits per heavy atom. The Balaban J connectivity index is 1.75. The van der Waals surface area contributed by atoms with Crippen LogP contribution in [-0.2, 0) is 19.1 Å². The molecule has 0 aliphatic heterocycles. The van der Waals surface area contributed by atoms with Gasteiger partial charge in [0.25, 0.3) is 0 Å². The van der Waals surface area contributed by atoms with Crippen molar-refractivity contribution < 1.29 is 27.8 Å². The number of alkyl halides is 2. The first-order valence-electron chi connectivity index (χ1n) is 12.9. The van der Waals surface area contributed by atoms with Crippen LogP contribution in [0, 0.1) is 40.4 Å². The highest BCUT2D eigenvalue weighted by molar-refractivity contribution is 5.69. The van der Waals surface area contributed by atoms with E-state index in [1.807, 2.05) is 6.92 Å². The number of hydrogen-bond acceptors (Lipinski definition) is 4. The Bertz CT molecular complexity index is 725. The molecule has 3 saturated carbocycles. The number of fused-ring (bicyclic) bond motifs is 3. The largest absolute Gasteiger partial charge is 0.469 e. The summed E-state index contributed by atoms with van der Waals surface area (Å²) in [7, 11) is 1.43. The molecule has 3 aliphatic rings. The number of carbonyl (C=O) groups excluding carboxylic acids is 2. The third-order valence-corrected chi connectivity index (χ3v) is 9.81. The lowest BCUT2D eigenvalue weighted by molar-refractivity contribution is -0.175. The summed E-state index contributed by atoms with van der Waals surface area (Å²) in [5.74, 6) is -1.62. The van der Waals surface area contributed by atoms with Crippen molar-refractivity contribution >= 4 is 11.9 Å². The fourth-order valence-corrected chi connectivity index (χ4v) is 8.35. The van der Waals surface area contributed by atoms with Gasteiger partial charge in [-0.25, -0.2) is 8.78 Å². The zero-order chi connectivity index (χ0) is 24.6. The number of ether oxygens (including phenoxy) is 2. The van der Waals surface area contributed by atoms with Crippen LogP contribution in [0.2, 0.25) is 0 Å². The first-order chi connectivity index (χ1) is 15.3. The second-order valence-corrected chi connectivity index (χ2v) is 12.0. The number of carbonyl (C=O) groups is 2. The molecule has 0 bridgehead atoms. The van der Waals surface area contributed by atoms with E-state index in [1.54, 1.807) is 0 Å². The topological polar surface area (TPSA) is 52.6 Å². The van der Waals surface area contributed by atoms with Gasteiger partial charge in [-0.15, -0.1) is 0 Å². The van der Waals surface area contributed by atoms with Crippen LogP contribution < -0.4 is 0 Å². The van der Waals surface area contributed by atoms with Crippen LogP contribution in [0.25, 0.3) is 0 Å². The molecule has 8 unspecified atom stereocenters. The molecule has 0 radical (unpaired) electrons. The van der Waals surface area contributed by atoms with E-state index in [0.29, 0.717) is 42.9 Å². The van der Waals surface area contributed by atoms with Crippen LogP contribution in [-0.4, -0.2) is 31.1 Å². The lowest BCUT2D eigenvalue weighted by Crippen LogP contribution is -2.53. The minimum atomic E-state index is -2.65. The van der Waals surface area contributed by atoms with Gasteiger partial charge in [-0.3, -0.25) is 9.59 Å². The van der Waals surface area contributed by atoms with Gasteiger partial charge in [0.05, 0.1) is 13.2 Å². The Kier molecular flexibility index (Phi) is 7.85. The van der Waals surface area contributed by atoms with E-state index in [2.05, 4.69) is 20.8 Å². The summed E-state index contributed by atoms with van der Waals surface area (Å²) in [6.07, 6.45) is 6.39. The molecular formula is C27H44F2O4. The SMILES string of the molecule is COC(=O)CCC(C)C1CCC2C3CC(F)(F)CC(C)(CCC(C)OC(C)=O)C3CCC12C. The number of hydrogen-bond donors (Lipinski definition) is 0. The van der Waals surface area contributed by atoms with Gasteiger partial charge in [-0.05, 0) is 92.3 Å². The maximum absolute atomic E-state index is 15.2. The van der Waals surface area contributed by atoms with Crippen molar-refractivity contribution in [3.05, 3.63) is 0 Å². The van der Waals surface area contributed by atoms with Gasteiger partial charge >= 0.3 is 11.9 Å². The van der Waals surface area contributed by atoms with Crippen LogP contribution in [0.4, 0.5) is 8.78 Å². The molecule has 0 heterocycles. The fraction of sp³-hybridized carbons (Fsp3) is 0.926. The van der Waals surface area contributed by atoms with E-state index >= 15 is 8.78 Å². The summed E-state index contributed by atoms with van der Waals surface area (Å²) < 4.78 is 40.4. The molecule has 0 spiro atoms. The molecule has 0 aromatic heterocycles. The standard InChI is InChI=1S/C27H44F2O4/c1-17(7-10-24(31)32-6)21-8-9-23-20-15-27(28,29)16-25(4,13-11-18(2)33-19(3)30)22(20)12-14-26(21,23)5/h17-18,20-23H,7-16H2,1-6H3. The quantitative estimate of drug-likeness (QED) is 0.366. The molecule has 3 fully saturated rings. The highest BCUT2D eigenvalue weighted by Gasteiger charge is 2.62. The Morgan fingerprint density at radius 1 is 1.06 bits per heavy atom. The van der Waals surface area contributed by atoms with Gasteiger partial charge in [0, 0.05) is 26.2 Å². The molecule has 8 atom stereocenters. The van der Waals surface area contributed by atoms with Crippen molar-refractivity contribution in [2.24, 2.45) is 40.4 Å². The van der Waals surface area contributed by atoms with Gasteiger partial charge < -0.3 is 9.47 Å². The summed E-state index contributed by atoms with van der Waals surface area (Å²) in [4.78, 5) is 23.0. The van der Waals surface area contributed by atoms with Gasteiger partial charge in [-0.2, -0.15) is 0 Å². The van der Waals surface area contributed by atoms with Crippen LogP contribution in [0.1, 0.15) is 98.8 Å². The molecule has 0 N–H and O–H groups in total. The maximum atomic E-state index is 15.2. The van der Waals surface area contributed by atoms with Crippen molar-refractivity contribution in [3.63, 3.8) is 0 Å². The Labute approximate surface area is 198 Å².